The largest absolute Gasteiger partial charge is 0.497 e. The van der Waals surface area contributed by atoms with E-state index >= 15 is 0 Å². The summed E-state index contributed by atoms with van der Waals surface area (Å²) in [7, 11) is -8.38. The SMILES string of the molecule is COc1ccc(COP(=O)(O)OP(=O)(O)O)cc1. The lowest BCUT2D eigenvalue weighted by molar-refractivity contribution is 0.172. The lowest BCUT2D eigenvalue weighted by Gasteiger charge is -2.12. The summed E-state index contributed by atoms with van der Waals surface area (Å²) in [6.45, 7) is -0.336. The molecule has 0 bridgehead atoms. The third-order valence-corrected chi connectivity index (χ3v) is 3.89. The van der Waals surface area contributed by atoms with Gasteiger partial charge in [-0.2, -0.15) is 4.31 Å². The third kappa shape index (κ3) is 5.75. The summed E-state index contributed by atoms with van der Waals surface area (Å²) in [4.78, 5) is 25.8. The van der Waals surface area contributed by atoms with Gasteiger partial charge in [0.25, 0.3) is 0 Å². The summed E-state index contributed by atoms with van der Waals surface area (Å²) in [5, 5.41) is 0. The molecule has 0 heterocycles. The van der Waals surface area contributed by atoms with Crippen molar-refractivity contribution in [2.24, 2.45) is 0 Å². The van der Waals surface area contributed by atoms with Crippen molar-refractivity contribution in [2.75, 3.05) is 7.11 Å². The maximum Gasteiger partial charge on any atom is 0.481 e. The Morgan fingerprint density at radius 2 is 1.67 bits per heavy atom. The molecule has 10 heteroatoms. The molecule has 0 aliphatic heterocycles. The van der Waals surface area contributed by atoms with E-state index in [0.717, 1.165) is 0 Å². The number of phosphoric acid groups is 2. The van der Waals surface area contributed by atoms with Gasteiger partial charge >= 0.3 is 15.6 Å². The van der Waals surface area contributed by atoms with E-state index < -0.39 is 15.6 Å². The first kappa shape index (κ1) is 15.3. The van der Waals surface area contributed by atoms with Crippen molar-refractivity contribution in [1.29, 1.82) is 0 Å². The molecular weight excluding hydrogens is 286 g/mol. The molecule has 0 amide bonds. The predicted molar refractivity (Wildman–Crippen MR) is 60.7 cm³/mol. The minimum Gasteiger partial charge on any atom is -0.497 e. The minimum absolute atomic E-state index is 0.336. The molecule has 0 aliphatic carbocycles. The fraction of sp³-hybridized carbons (Fsp3) is 0.250. The van der Waals surface area contributed by atoms with Crippen LogP contribution in [-0.2, 0) is 24.6 Å². The number of methoxy groups -OCH3 is 1. The molecule has 0 radical (unpaired) electrons. The molecule has 0 saturated heterocycles. The summed E-state index contributed by atoms with van der Waals surface area (Å²) in [6.07, 6.45) is 0. The van der Waals surface area contributed by atoms with Gasteiger partial charge in [0.1, 0.15) is 5.75 Å². The predicted octanol–water partition coefficient (Wildman–Crippen LogP) is 1.42. The highest BCUT2D eigenvalue weighted by molar-refractivity contribution is 7.60. The highest BCUT2D eigenvalue weighted by Gasteiger charge is 2.32. The van der Waals surface area contributed by atoms with Gasteiger partial charge in [-0.05, 0) is 17.7 Å². The number of rotatable bonds is 6. The molecule has 3 N–H and O–H groups in total. The van der Waals surface area contributed by atoms with Crippen molar-refractivity contribution in [2.45, 2.75) is 6.61 Å². The van der Waals surface area contributed by atoms with Gasteiger partial charge in [0, 0.05) is 0 Å². The van der Waals surface area contributed by atoms with Crippen LogP contribution in [0.3, 0.4) is 0 Å². The van der Waals surface area contributed by atoms with Crippen molar-refractivity contribution in [3.05, 3.63) is 29.8 Å². The Morgan fingerprint density at radius 1 is 1.11 bits per heavy atom. The molecule has 8 nitrogen and oxygen atoms in total. The number of phosphoric ester groups is 1. The molecule has 1 rings (SSSR count). The van der Waals surface area contributed by atoms with Crippen molar-refractivity contribution >= 4 is 15.6 Å². The van der Waals surface area contributed by atoms with E-state index in [1.165, 1.54) is 7.11 Å². The second kappa shape index (κ2) is 5.95. The van der Waals surface area contributed by atoms with Gasteiger partial charge in [0.2, 0.25) is 0 Å². The molecule has 0 aromatic heterocycles. The summed E-state index contributed by atoms with van der Waals surface area (Å²) in [5.41, 5.74) is 0.513. The van der Waals surface area contributed by atoms with E-state index in [1.54, 1.807) is 24.3 Å². The second-order valence-corrected chi connectivity index (χ2v) is 5.99. The Labute approximate surface area is 103 Å². The summed E-state index contributed by atoms with van der Waals surface area (Å²) in [5.74, 6) is 0.595. The fourth-order valence-electron chi connectivity index (χ4n) is 1.04. The van der Waals surface area contributed by atoms with Gasteiger partial charge in [-0.25, -0.2) is 9.13 Å². The first-order valence-corrected chi connectivity index (χ1v) is 7.61. The average molecular weight is 298 g/mol. The maximum absolute atomic E-state index is 11.1. The van der Waals surface area contributed by atoms with E-state index in [4.69, 9.17) is 19.4 Å². The van der Waals surface area contributed by atoms with E-state index in [2.05, 4.69) is 8.83 Å². The Morgan fingerprint density at radius 3 is 2.11 bits per heavy atom. The normalized spacial score (nSPS) is 15.1. The number of hydrogen-bond donors (Lipinski definition) is 3. The van der Waals surface area contributed by atoms with Gasteiger partial charge in [-0.3, -0.25) is 4.52 Å². The number of hydrogen-bond acceptors (Lipinski definition) is 5. The Balaban J connectivity index is 2.58. The van der Waals surface area contributed by atoms with Crippen LogP contribution in [0.25, 0.3) is 0 Å². The number of benzene rings is 1. The minimum atomic E-state index is -5.08. The lowest BCUT2D eigenvalue weighted by atomic mass is 10.2. The summed E-state index contributed by atoms with van der Waals surface area (Å²) >= 11 is 0. The van der Waals surface area contributed by atoms with Gasteiger partial charge in [0.15, 0.2) is 0 Å². The van der Waals surface area contributed by atoms with E-state index in [9.17, 15) is 9.13 Å². The molecular formula is C8H12O8P2. The van der Waals surface area contributed by atoms with Crippen LogP contribution in [0.5, 0.6) is 5.75 Å². The average Bonchev–Trinajstić information content (AvgIpc) is 2.24. The summed E-state index contributed by atoms with van der Waals surface area (Å²) in [6, 6.07) is 6.34. The first-order valence-electron chi connectivity index (χ1n) is 4.59. The van der Waals surface area contributed by atoms with Crippen molar-refractivity contribution in [3.63, 3.8) is 0 Å². The van der Waals surface area contributed by atoms with Gasteiger partial charge in [0.05, 0.1) is 13.7 Å². The zero-order valence-electron chi connectivity index (χ0n) is 9.29. The van der Waals surface area contributed by atoms with Crippen LogP contribution in [0.15, 0.2) is 24.3 Å². The molecule has 0 spiro atoms. The molecule has 102 valence electrons. The van der Waals surface area contributed by atoms with Crippen LogP contribution in [0.1, 0.15) is 5.56 Å². The quantitative estimate of drug-likeness (QED) is 0.674. The molecule has 0 fully saturated rings. The summed E-state index contributed by atoms with van der Waals surface area (Å²) < 4.78 is 34.5. The molecule has 1 aromatic carbocycles. The van der Waals surface area contributed by atoms with Crippen LogP contribution in [0.2, 0.25) is 0 Å². The Kier molecular flexibility index (Phi) is 5.07. The Hall–Kier alpha value is -0.720. The van der Waals surface area contributed by atoms with Crippen molar-refractivity contribution in [3.8, 4) is 5.75 Å². The fourth-order valence-corrected chi connectivity index (χ4v) is 2.61. The second-order valence-electron chi connectivity index (χ2n) is 3.16. The van der Waals surface area contributed by atoms with Gasteiger partial charge < -0.3 is 19.4 Å². The van der Waals surface area contributed by atoms with Crippen LogP contribution < -0.4 is 4.74 Å². The van der Waals surface area contributed by atoms with Crippen LogP contribution in [-0.4, -0.2) is 21.8 Å². The van der Waals surface area contributed by atoms with Crippen molar-refractivity contribution < 1.29 is 37.4 Å². The first-order chi connectivity index (χ1) is 8.22. The topological polar surface area (TPSA) is 123 Å². The van der Waals surface area contributed by atoms with E-state index in [1.807, 2.05) is 0 Å². The molecule has 0 saturated carbocycles. The lowest BCUT2D eigenvalue weighted by Crippen LogP contribution is -1.95. The third-order valence-electron chi connectivity index (χ3n) is 1.76. The van der Waals surface area contributed by atoms with Crippen LogP contribution in [0, 0.1) is 0 Å². The molecule has 0 aliphatic rings. The molecule has 1 atom stereocenters. The highest BCUT2D eigenvalue weighted by atomic mass is 31.3. The monoisotopic (exact) mass is 298 g/mol. The smallest absolute Gasteiger partial charge is 0.481 e. The van der Waals surface area contributed by atoms with Gasteiger partial charge in [-0.15, -0.1) is 0 Å². The highest BCUT2D eigenvalue weighted by Crippen LogP contribution is 2.57. The van der Waals surface area contributed by atoms with Gasteiger partial charge in [-0.1, -0.05) is 12.1 Å². The van der Waals surface area contributed by atoms with Crippen LogP contribution in [0.4, 0.5) is 0 Å². The zero-order valence-corrected chi connectivity index (χ0v) is 11.1. The van der Waals surface area contributed by atoms with Crippen molar-refractivity contribution in [1.82, 2.24) is 0 Å². The standard InChI is InChI=1S/C8H12O8P2/c1-14-8-4-2-7(3-5-8)6-15-18(12,13)16-17(9,10)11/h2-5H,6H2,1H3,(H,12,13)(H2,9,10,11). The molecule has 1 unspecified atom stereocenters. The Bertz CT molecular complexity index is 478. The van der Waals surface area contributed by atoms with E-state index in [0.29, 0.717) is 11.3 Å². The zero-order chi connectivity index (χ0) is 13.8. The molecule has 18 heavy (non-hydrogen) atoms. The molecule has 1 aromatic rings. The maximum atomic E-state index is 11.1. The van der Waals surface area contributed by atoms with Crippen LogP contribution >= 0.6 is 15.6 Å². The van der Waals surface area contributed by atoms with E-state index in [-0.39, 0.29) is 6.61 Å². The number of ether oxygens (including phenoxy) is 1.